The van der Waals surface area contributed by atoms with E-state index < -0.39 is 45.1 Å². The SMILES string of the molecule is CCOCCn1c(=NC(=O)CS(=O)(=O)CC(=O)Nc2sc3c(c2C(=O)OCC)CCCC3)sc2cc(C(=O)OC)ccc21. The summed E-state index contributed by atoms with van der Waals surface area (Å²) in [4.78, 5) is 55.5. The van der Waals surface area contributed by atoms with Gasteiger partial charge >= 0.3 is 11.9 Å². The van der Waals surface area contributed by atoms with Gasteiger partial charge in [-0.15, -0.1) is 11.3 Å². The van der Waals surface area contributed by atoms with Crippen LogP contribution in [0.5, 0.6) is 0 Å². The number of amides is 2. The Bertz CT molecular complexity index is 1720. The van der Waals surface area contributed by atoms with Crippen molar-refractivity contribution in [3.63, 3.8) is 0 Å². The minimum Gasteiger partial charge on any atom is -0.465 e. The molecule has 1 aromatic carbocycles. The van der Waals surface area contributed by atoms with Crippen LogP contribution in [0.15, 0.2) is 23.2 Å². The zero-order valence-corrected chi connectivity index (χ0v) is 26.5. The summed E-state index contributed by atoms with van der Waals surface area (Å²) >= 11 is 2.36. The van der Waals surface area contributed by atoms with Gasteiger partial charge in [-0.3, -0.25) is 9.59 Å². The van der Waals surface area contributed by atoms with Crippen molar-refractivity contribution in [2.75, 3.05) is 43.8 Å². The number of rotatable bonds is 12. The van der Waals surface area contributed by atoms with Gasteiger partial charge in [0, 0.05) is 18.0 Å². The molecule has 2 heterocycles. The molecular formula is C28H33N3O9S3. The van der Waals surface area contributed by atoms with Crippen molar-refractivity contribution < 1.29 is 41.8 Å². The molecular weight excluding hydrogens is 619 g/mol. The van der Waals surface area contributed by atoms with Gasteiger partial charge in [-0.05, 0) is 63.3 Å². The molecule has 1 aliphatic carbocycles. The lowest BCUT2D eigenvalue weighted by molar-refractivity contribution is -0.115. The molecule has 0 atom stereocenters. The Hall–Kier alpha value is -3.40. The number of nitrogens with zero attached hydrogens (tertiary/aromatic N) is 2. The van der Waals surface area contributed by atoms with E-state index in [0.717, 1.165) is 41.0 Å². The standard InChI is InChI=1S/C28H33N3O9S3/c1-4-39-13-12-31-19-11-10-17(26(34)38-3)14-21(19)42-28(31)30-23(33)16-43(36,37)15-22(32)29-25-24(27(35)40-5-2)18-8-6-7-9-20(18)41-25/h10-11,14H,4-9,12-13,15-16H2,1-3H3,(H,29,32). The van der Waals surface area contributed by atoms with E-state index in [2.05, 4.69) is 10.3 Å². The highest BCUT2D eigenvalue weighted by Crippen LogP contribution is 2.38. The largest absolute Gasteiger partial charge is 0.465 e. The molecule has 0 fully saturated rings. The van der Waals surface area contributed by atoms with Crippen molar-refractivity contribution in [3.05, 3.63) is 44.6 Å². The number of fused-ring (bicyclic) bond motifs is 2. The van der Waals surface area contributed by atoms with Crippen molar-refractivity contribution in [1.82, 2.24) is 4.57 Å². The van der Waals surface area contributed by atoms with Crippen LogP contribution in [-0.2, 0) is 53.0 Å². The molecule has 0 aliphatic heterocycles. The number of benzene rings is 1. The van der Waals surface area contributed by atoms with Crippen LogP contribution in [0, 0.1) is 0 Å². The van der Waals surface area contributed by atoms with Crippen molar-refractivity contribution in [1.29, 1.82) is 0 Å². The second-order valence-electron chi connectivity index (χ2n) is 9.63. The molecule has 43 heavy (non-hydrogen) atoms. The molecule has 2 aromatic heterocycles. The molecule has 0 bridgehead atoms. The van der Waals surface area contributed by atoms with Crippen molar-refractivity contribution >= 4 is 71.5 Å². The number of thiazole rings is 1. The number of ether oxygens (including phenoxy) is 3. The van der Waals surface area contributed by atoms with Gasteiger partial charge in [-0.25, -0.2) is 18.0 Å². The topological polar surface area (TPSA) is 159 Å². The summed E-state index contributed by atoms with van der Waals surface area (Å²) in [5.74, 6) is -4.84. The number of carbonyl (C=O) groups is 4. The minimum absolute atomic E-state index is 0.161. The molecule has 2 amide bonds. The first-order valence-electron chi connectivity index (χ1n) is 13.8. The molecule has 4 rings (SSSR count). The average molecular weight is 652 g/mol. The van der Waals surface area contributed by atoms with Crippen LogP contribution in [0.3, 0.4) is 0 Å². The number of hydrogen-bond donors (Lipinski definition) is 1. The zero-order valence-electron chi connectivity index (χ0n) is 24.1. The van der Waals surface area contributed by atoms with Gasteiger partial charge in [0.2, 0.25) is 5.91 Å². The predicted molar refractivity (Wildman–Crippen MR) is 162 cm³/mol. The first-order chi connectivity index (χ1) is 20.6. The number of aryl methyl sites for hydroxylation is 1. The van der Waals surface area contributed by atoms with Crippen LogP contribution in [-0.4, -0.2) is 75.2 Å². The summed E-state index contributed by atoms with van der Waals surface area (Å²) in [6, 6.07) is 4.90. The van der Waals surface area contributed by atoms with E-state index in [4.69, 9.17) is 14.2 Å². The molecule has 15 heteroatoms. The maximum Gasteiger partial charge on any atom is 0.341 e. The third-order valence-corrected chi connectivity index (χ3v) is 10.2. The number of aromatic nitrogens is 1. The van der Waals surface area contributed by atoms with E-state index in [1.807, 2.05) is 6.92 Å². The minimum atomic E-state index is -4.21. The molecule has 12 nitrogen and oxygen atoms in total. The molecule has 0 spiro atoms. The molecule has 0 radical (unpaired) electrons. The molecule has 0 unspecified atom stereocenters. The molecule has 0 saturated carbocycles. The van der Waals surface area contributed by atoms with Crippen molar-refractivity contribution in [3.8, 4) is 0 Å². The summed E-state index contributed by atoms with van der Waals surface area (Å²) in [6.07, 6.45) is 3.31. The maximum atomic E-state index is 12.9. The quantitative estimate of drug-likeness (QED) is 0.229. The molecule has 232 valence electrons. The monoisotopic (exact) mass is 651 g/mol. The predicted octanol–water partition coefficient (Wildman–Crippen LogP) is 3.12. The summed E-state index contributed by atoms with van der Waals surface area (Å²) in [7, 11) is -2.93. The van der Waals surface area contributed by atoms with Gasteiger partial charge in [-0.1, -0.05) is 11.3 Å². The van der Waals surface area contributed by atoms with Gasteiger partial charge in [0.15, 0.2) is 14.6 Å². The van der Waals surface area contributed by atoms with Crippen LogP contribution in [0.4, 0.5) is 5.00 Å². The third kappa shape index (κ3) is 7.96. The number of anilines is 1. The second-order valence-corrected chi connectivity index (χ2v) is 13.8. The lowest BCUT2D eigenvalue weighted by Crippen LogP contribution is -2.28. The fraction of sp³-hybridized carbons (Fsp3) is 0.464. The van der Waals surface area contributed by atoms with E-state index in [0.29, 0.717) is 42.0 Å². The summed E-state index contributed by atoms with van der Waals surface area (Å²) < 4.78 is 43.5. The highest BCUT2D eigenvalue weighted by Gasteiger charge is 2.29. The van der Waals surface area contributed by atoms with Gasteiger partial charge < -0.3 is 24.1 Å². The summed E-state index contributed by atoms with van der Waals surface area (Å²) in [5.41, 5.74) is 2.11. The number of nitrogens with one attached hydrogen (secondary N) is 1. The average Bonchev–Trinajstić information content (AvgIpc) is 3.48. The Morgan fingerprint density at radius 1 is 1.02 bits per heavy atom. The van der Waals surface area contributed by atoms with Gasteiger partial charge in [0.25, 0.3) is 5.91 Å². The van der Waals surface area contributed by atoms with Gasteiger partial charge in [-0.2, -0.15) is 4.99 Å². The number of esters is 2. The molecule has 1 N–H and O–H groups in total. The molecule has 1 aliphatic rings. The fourth-order valence-electron chi connectivity index (χ4n) is 4.73. The van der Waals surface area contributed by atoms with Crippen LogP contribution in [0.25, 0.3) is 10.2 Å². The highest BCUT2D eigenvalue weighted by atomic mass is 32.2. The maximum absolute atomic E-state index is 12.9. The first-order valence-corrected chi connectivity index (χ1v) is 17.2. The van der Waals surface area contributed by atoms with Crippen LogP contribution in [0.2, 0.25) is 0 Å². The van der Waals surface area contributed by atoms with E-state index in [-0.39, 0.29) is 22.0 Å². The van der Waals surface area contributed by atoms with Gasteiger partial charge in [0.05, 0.1) is 41.7 Å². The van der Waals surface area contributed by atoms with Crippen LogP contribution in [0.1, 0.15) is 57.8 Å². The summed E-state index contributed by atoms with van der Waals surface area (Å²) in [6.45, 7) is 4.83. The number of carbonyl (C=O) groups excluding carboxylic acids is 4. The highest BCUT2D eigenvalue weighted by molar-refractivity contribution is 7.92. The second kappa shape index (κ2) is 14.4. The number of hydrogen-bond acceptors (Lipinski definition) is 11. The Morgan fingerprint density at radius 3 is 2.51 bits per heavy atom. The smallest absolute Gasteiger partial charge is 0.341 e. The van der Waals surface area contributed by atoms with E-state index >= 15 is 0 Å². The van der Waals surface area contributed by atoms with Crippen molar-refractivity contribution in [2.24, 2.45) is 4.99 Å². The lowest BCUT2D eigenvalue weighted by Gasteiger charge is -2.12. The third-order valence-electron chi connectivity index (χ3n) is 6.59. The molecule has 0 saturated heterocycles. The van der Waals surface area contributed by atoms with Crippen LogP contribution >= 0.6 is 22.7 Å². The first kappa shape index (κ1) is 32.5. The Kier molecular flexibility index (Phi) is 10.9. The molecule has 3 aromatic rings. The Balaban J connectivity index is 1.53. The normalized spacial score (nSPS) is 13.5. The zero-order chi connectivity index (χ0) is 31.1. The van der Waals surface area contributed by atoms with Gasteiger partial charge in [0.1, 0.15) is 16.5 Å². The number of thiophene rings is 1. The van der Waals surface area contributed by atoms with E-state index in [1.165, 1.54) is 18.4 Å². The number of methoxy groups -OCH3 is 1. The van der Waals surface area contributed by atoms with Crippen molar-refractivity contribution in [2.45, 2.75) is 46.1 Å². The Morgan fingerprint density at radius 2 is 1.79 bits per heavy atom. The van der Waals surface area contributed by atoms with Crippen LogP contribution < -0.4 is 10.1 Å². The fourth-order valence-corrected chi connectivity index (χ4v) is 8.15. The number of sulfone groups is 1. The van der Waals surface area contributed by atoms with E-state index in [9.17, 15) is 27.6 Å². The summed E-state index contributed by atoms with van der Waals surface area (Å²) in [5, 5.41) is 2.82. The lowest BCUT2D eigenvalue weighted by atomic mass is 9.95. The Labute approximate surface area is 256 Å². The van der Waals surface area contributed by atoms with E-state index in [1.54, 1.807) is 29.7 Å².